The van der Waals surface area contributed by atoms with Crippen LogP contribution in [0.5, 0.6) is 0 Å². The molecule has 0 amide bonds. The zero-order chi connectivity index (χ0) is 11.2. The van der Waals surface area contributed by atoms with Crippen LogP contribution >= 0.6 is 0 Å². The van der Waals surface area contributed by atoms with E-state index < -0.39 is 0 Å². The molecule has 3 nitrogen and oxygen atoms in total. The summed E-state index contributed by atoms with van der Waals surface area (Å²) in [7, 11) is 0. The van der Waals surface area contributed by atoms with Crippen molar-refractivity contribution in [2.75, 3.05) is 39.3 Å². The van der Waals surface area contributed by atoms with Crippen molar-refractivity contribution in [3.63, 3.8) is 0 Å². The number of nitrogens with zero attached hydrogens (tertiary/aromatic N) is 1. The molecule has 0 atom stereocenters. The lowest BCUT2D eigenvalue weighted by Gasteiger charge is -2.31. The summed E-state index contributed by atoms with van der Waals surface area (Å²) in [6, 6.07) is 0.768. The normalized spacial score (nSPS) is 26.1. The summed E-state index contributed by atoms with van der Waals surface area (Å²) >= 11 is 0. The molecule has 2 fully saturated rings. The maximum Gasteiger partial charge on any atom is 0.0107 e. The van der Waals surface area contributed by atoms with E-state index in [0.29, 0.717) is 0 Å². The van der Waals surface area contributed by atoms with Crippen LogP contribution in [0.3, 0.4) is 0 Å². The highest BCUT2D eigenvalue weighted by molar-refractivity contribution is 4.76. The molecule has 0 saturated carbocycles. The van der Waals surface area contributed by atoms with E-state index in [1.54, 1.807) is 0 Å². The summed E-state index contributed by atoms with van der Waals surface area (Å²) < 4.78 is 0. The average molecular weight is 225 g/mol. The van der Waals surface area contributed by atoms with E-state index in [9.17, 15) is 0 Å². The summed E-state index contributed by atoms with van der Waals surface area (Å²) in [5.74, 6) is 0.952. The van der Waals surface area contributed by atoms with Gasteiger partial charge < -0.3 is 15.5 Å². The molecule has 94 valence electrons. The molecule has 0 spiro atoms. The van der Waals surface area contributed by atoms with Crippen LogP contribution < -0.4 is 10.6 Å². The maximum absolute atomic E-state index is 3.70. The highest BCUT2D eigenvalue weighted by Gasteiger charge is 2.16. The molecule has 0 aliphatic carbocycles. The van der Waals surface area contributed by atoms with Crippen LogP contribution in [0, 0.1) is 5.92 Å². The number of nitrogens with one attached hydrogen (secondary N) is 2. The Morgan fingerprint density at radius 1 is 1.12 bits per heavy atom. The van der Waals surface area contributed by atoms with E-state index in [1.165, 1.54) is 65.0 Å². The van der Waals surface area contributed by atoms with Gasteiger partial charge in [-0.1, -0.05) is 6.92 Å². The zero-order valence-corrected chi connectivity index (χ0v) is 10.7. The van der Waals surface area contributed by atoms with Gasteiger partial charge in [0.25, 0.3) is 0 Å². The molecule has 2 aliphatic heterocycles. The van der Waals surface area contributed by atoms with Crippen molar-refractivity contribution in [3.05, 3.63) is 0 Å². The Hall–Kier alpha value is -0.120. The summed E-state index contributed by atoms with van der Waals surface area (Å²) in [6.45, 7) is 9.82. The predicted molar refractivity (Wildman–Crippen MR) is 68.7 cm³/mol. The molecule has 0 aromatic rings. The smallest absolute Gasteiger partial charge is 0.0107 e. The van der Waals surface area contributed by atoms with Gasteiger partial charge in [-0.2, -0.15) is 0 Å². The Morgan fingerprint density at radius 3 is 2.50 bits per heavy atom. The first-order chi connectivity index (χ1) is 7.84. The third-order valence-corrected chi connectivity index (χ3v) is 4.08. The summed E-state index contributed by atoms with van der Waals surface area (Å²) in [5, 5.41) is 7.11. The van der Waals surface area contributed by atoms with E-state index in [0.717, 1.165) is 12.0 Å². The van der Waals surface area contributed by atoms with Crippen molar-refractivity contribution < 1.29 is 0 Å². The lowest BCUT2D eigenvalue weighted by Crippen LogP contribution is -2.44. The molecule has 0 radical (unpaired) electrons. The predicted octanol–water partition coefficient (Wildman–Crippen LogP) is 1.06. The first kappa shape index (κ1) is 12.3. The SMILES string of the molecule is CC1CCN(CCNC2CCNCC2)CC1. The second-order valence-electron chi connectivity index (χ2n) is 5.50. The standard InChI is InChI=1S/C13H27N3/c1-12-4-9-16(10-5-12)11-8-15-13-2-6-14-7-3-13/h12-15H,2-11H2,1H3. The third-order valence-electron chi connectivity index (χ3n) is 4.08. The molecular weight excluding hydrogens is 198 g/mol. The van der Waals surface area contributed by atoms with Gasteiger partial charge in [0.15, 0.2) is 0 Å². The molecule has 2 N–H and O–H groups in total. The van der Waals surface area contributed by atoms with Crippen molar-refractivity contribution in [2.24, 2.45) is 5.92 Å². The van der Waals surface area contributed by atoms with Crippen LogP contribution in [0.1, 0.15) is 32.6 Å². The van der Waals surface area contributed by atoms with E-state index in [-0.39, 0.29) is 0 Å². The van der Waals surface area contributed by atoms with Gasteiger partial charge in [0.2, 0.25) is 0 Å². The minimum Gasteiger partial charge on any atom is -0.317 e. The molecule has 0 bridgehead atoms. The van der Waals surface area contributed by atoms with Gasteiger partial charge in [-0.3, -0.25) is 0 Å². The lowest BCUT2D eigenvalue weighted by molar-refractivity contribution is 0.189. The van der Waals surface area contributed by atoms with Gasteiger partial charge in [-0.05, 0) is 57.8 Å². The number of hydrogen-bond acceptors (Lipinski definition) is 3. The van der Waals surface area contributed by atoms with Crippen molar-refractivity contribution in [1.82, 2.24) is 15.5 Å². The topological polar surface area (TPSA) is 27.3 Å². The van der Waals surface area contributed by atoms with Crippen molar-refractivity contribution in [3.8, 4) is 0 Å². The summed E-state index contributed by atoms with van der Waals surface area (Å²) in [4.78, 5) is 2.62. The Labute approximate surface area is 100.0 Å². The largest absolute Gasteiger partial charge is 0.317 e. The Balaban J connectivity index is 1.53. The molecule has 0 unspecified atom stereocenters. The van der Waals surface area contributed by atoms with Crippen LogP contribution in [-0.2, 0) is 0 Å². The van der Waals surface area contributed by atoms with Crippen LogP contribution in [0.4, 0.5) is 0 Å². The van der Waals surface area contributed by atoms with Gasteiger partial charge in [0.1, 0.15) is 0 Å². The number of likely N-dealkylation sites (tertiary alicyclic amines) is 1. The molecule has 2 saturated heterocycles. The molecule has 0 aromatic carbocycles. The number of hydrogen-bond donors (Lipinski definition) is 2. The maximum atomic E-state index is 3.70. The minimum absolute atomic E-state index is 0.768. The Morgan fingerprint density at radius 2 is 1.81 bits per heavy atom. The first-order valence-electron chi connectivity index (χ1n) is 7.01. The van der Waals surface area contributed by atoms with Gasteiger partial charge in [-0.15, -0.1) is 0 Å². The Bertz CT molecular complexity index is 182. The van der Waals surface area contributed by atoms with Gasteiger partial charge in [0.05, 0.1) is 0 Å². The third kappa shape index (κ3) is 4.04. The second kappa shape index (κ2) is 6.58. The number of rotatable bonds is 4. The van der Waals surface area contributed by atoms with Crippen LogP contribution in [0.2, 0.25) is 0 Å². The highest BCUT2D eigenvalue weighted by Crippen LogP contribution is 2.15. The van der Waals surface area contributed by atoms with E-state index in [2.05, 4.69) is 22.5 Å². The van der Waals surface area contributed by atoms with Crippen molar-refractivity contribution in [1.29, 1.82) is 0 Å². The van der Waals surface area contributed by atoms with E-state index in [1.807, 2.05) is 0 Å². The minimum atomic E-state index is 0.768. The lowest BCUT2D eigenvalue weighted by atomic mass is 9.99. The van der Waals surface area contributed by atoms with Gasteiger partial charge >= 0.3 is 0 Å². The number of piperidine rings is 2. The zero-order valence-electron chi connectivity index (χ0n) is 10.7. The fourth-order valence-electron chi connectivity index (χ4n) is 2.74. The molecule has 16 heavy (non-hydrogen) atoms. The van der Waals surface area contributed by atoms with Crippen LogP contribution in [-0.4, -0.2) is 50.2 Å². The van der Waals surface area contributed by atoms with Gasteiger partial charge in [0, 0.05) is 19.1 Å². The average Bonchev–Trinajstić information content (AvgIpc) is 2.33. The fraction of sp³-hybridized carbons (Fsp3) is 1.00. The summed E-state index contributed by atoms with van der Waals surface area (Å²) in [5.41, 5.74) is 0. The van der Waals surface area contributed by atoms with E-state index >= 15 is 0 Å². The molecule has 2 heterocycles. The molecule has 2 aliphatic rings. The fourth-order valence-corrected chi connectivity index (χ4v) is 2.74. The molecule has 2 rings (SSSR count). The Kier molecular flexibility index (Phi) is 5.07. The van der Waals surface area contributed by atoms with Crippen LogP contribution in [0.25, 0.3) is 0 Å². The quantitative estimate of drug-likeness (QED) is 0.749. The molecule has 3 heteroatoms. The van der Waals surface area contributed by atoms with Gasteiger partial charge in [-0.25, -0.2) is 0 Å². The molecule has 0 aromatic heterocycles. The summed E-state index contributed by atoms with van der Waals surface area (Å²) in [6.07, 6.45) is 5.40. The highest BCUT2D eigenvalue weighted by atomic mass is 15.1. The van der Waals surface area contributed by atoms with Crippen LogP contribution in [0.15, 0.2) is 0 Å². The van der Waals surface area contributed by atoms with E-state index in [4.69, 9.17) is 0 Å². The van der Waals surface area contributed by atoms with Crippen molar-refractivity contribution in [2.45, 2.75) is 38.6 Å². The first-order valence-corrected chi connectivity index (χ1v) is 7.01. The molecular formula is C13H27N3. The second-order valence-corrected chi connectivity index (χ2v) is 5.50. The van der Waals surface area contributed by atoms with Crippen molar-refractivity contribution >= 4 is 0 Å². The monoisotopic (exact) mass is 225 g/mol.